The molecule has 1 saturated carbocycles. The van der Waals surface area contributed by atoms with Gasteiger partial charge in [0.25, 0.3) is 10.2 Å². The van der Waals surface area contributed by atoms with Crippen molar-refractivity contribution in [3.63, 3.8) is 0 Å². The van der Waals surface area contributed by atoms with E-state index in [4.69, 9.17) is 4.74 Å². The quantitative estimate of drug-likeness (QED) is 0.636. The Kier molecular flexibility index (Phi) is 6.42. The van der Waals surface area contributed by atoms with Crippen molar-refractivity contribution in [3.8, 4) is 0 Å². The van der Waals surface area contributed by atoms with Gasteiger partial charge in [0, 0.05) is 32.1 Å². The molecular weight excluding hydrogens is 446 g/mol. The molecule has 1 aliphatic carbocycles. The summed E-state index contributed by atoms with van der Waals surface area (Å²) in [6.07, 6.45) is -0.508. The maximum Gasteiger partial charge on any atom is 0.410 e. The molecule has 0 aromatic heterocycles. The van der Waals surface area contributed by atoms with Gasteiger partial charge in [0.05, 0.1) is 0 Å². The van der Waals surface area contributed by atoms with Crippen LogP contribution in [0.5, 0.6) is 0 Å². The van der Waals surface area contributed by atoms with Gasteiger partial charge in [-0.3, -0.25) is 4.79 Å². The number of hydrogen-bond acceptors (Lipinski definition) is 5. The highest BCUT2D eigenvalue weighted by Crippen LogP contribution is 2.57. The molecule has 9 nitrogen and oxygen atoms in total. The monoisotopic (exact) mass is 473 g/mol. The van der Waals surface area contributed by atoms with Crippen LogP contribution < -0.4 is 4.72 Å². The fraction of sp³-hybridized carbons (Fsp3) is 0.391. The highest BCUT2D eigenvalue weighted by Gasteiger charge is 2.70. The Labute approximate surface area is 193 Å². The molecule has 1 aliphatic heterocycles. The first kappa shape index (κ1) is 23.2. The van der Waals surface area contributed by atoms with Crippen LogP contribution in [-0.4, -0.2) is 66.5 Å². The van der Waals surface area contributed by atoms with Crippen LogP contribution in [0.3, 0.4) is 0 Å². The van der Waals surface area contributed by atoms with E-state index in [9.17, 15) is 23.1 Å². The van der Waals surface area contributed by atoms with Gasteiger partial charge >= 0.3 is 12.1 Å². The highest BCUT2D eigenvalue weighted by atomic mass is 32.2. The summed E-state index contributed by atoms with van der Waals surface area (Å²) < 4.78 is 35.1. The first-order valence-electron chi connectivity index (χ1n) is 10.8. The molecule has 0 bridgehead atoms. The van der Waals surface area contributed by atoms with Crippen LogP contribution in [0, 0.1) is 5.92 Å². The molecule has 1 saturated heterocycles. The van der Waals surface area contributed by atoms with Crippen LogP contribution in [0.4, 0.5) is 4.79 Å². The van der Waals surface area contributed by atoms with Crippen molar-refractivity contribution in [1.29, 1.82) is 0 Å². The standard InChI is InChI=1S/C23H27N3O6S/c1-17-20(19-10-6-3-7-11-19)23(17,21(27)28)24-33(30,31)26-14-12-25(13-15-26)22(29)32-16-18-8-4-2-5-9-18/h2-11,17,20,24H,12-16H2,1H3,(H,27,28)/t17-,20-,23+/m1/s1. The SMILES string of the molecule is C[C@@H]1[C@H](c2ccccc2)[C@]1(NS(=O)(=O)N1CCN(C(=O)OCc2ccccc2)CC1)C(=O)O. The van der Waals surface area contributed by atoms with Crippen molar-refractivity contribution in [2.24, 2.45) is 5.92 Å². The summed E-state index contributed by atoms with van der Waals surface area (Å²) in [5.74, 6) is -2.06. The number of benzene rings is 2. The minimum Gasteiger partial charge on any atom is -0.480 e. The van der Waals surface area contributed by atoms with Gasteiger partial charge in [0.2, 0.25) is 0 Å². The Morgan fingerprint density at radius 3 is 2.18 bits per heavy atom. The lowest BCUT2D eigenvalue weighted by Crippen LogP contribution is -2.57. The van der Waals surface area contributed by atoms with E-state index in [0.29, 0.717) is 0 Å². The van der Waals surface area contributed by atoms with Gasteiger partial charge in [0.15, 0.2) is 0 Å². The summed E-state index contributed by atoms with van der Waals surface area (Å²) in [7, 11) is -4.08. The molecule has 0 spiro atoms. The van der Waals surface area contributed by atoms with Crippen molar-refractivity contribution in [1.82, 2.24) is 13.9 Å². The highest BCUT2D eigenvalue weighted by molar-refractivity contribution is 7.87. The summed E-state index contributed by atoms with van der Waals surface area (Å²) in [6.45, 7) is 2.29. The molecular formula is C23H27N3O6S. The van der Waals surface area contributed by atoms with Crippen molar-refractivity contribution < 1.29 is 27.9 Å². The third-order valence-electron chi connectivity index (χ3n) is 6.45. The summed E-state index contributed by atoms with van der Waals surface area (Å²) >= 11 is 0. The van der Waals surface area contributed by atoms with Gasteiger partial charge in [-0.1, -0.05) is 67.6 Å². The van der Waals surface area contributed by atoms with Gasteiger partial charge in [-0.15, -0.1) is 0 Å². The lowest BCUT2D eigenvalue weighted by molar-refractivity contribution is -0.140. The zero-order chi connectivity index (χ0) is 23.6. The predicted octanol–water partition coefficient (Wildman–Crippen LogP) is 2.03. The van der Waals surface area contributed by atoms with Crippen LogP contribution in [0.15, 0.2) is 60.7 Å². The number of aliphatic carboxylic acids is 1. The first-order valence-corrected chi connectivity index (χ1v) is 12.2. The molecule has 4 rings (SSSR count). The number of carbonyl (C=O) groups is 2. The zero-order valence-corrected chi connectivity index (χ0v) is 19.1. The zero-order valence-electron chi connectivity index (χ0n) is 18.3. The number of ether oxygens (including phenoxy) is 1. The second-order valence-electron chi connectivity index (χ2n) is 8.38. The number of amides is 1. The van der Waals surface area contributed by atoms with Crippen molar-refractivity contribution in [2.45, 2.75) is 25.0 Å². The van der Waals surface area contributed by atoms with Crippen molar-refractivity contribution in [2.75, 3.05) is 26.2 Å². The molecule has 10 heteroatoms. The summed E-state index contributed by atoms with van der Waals surface area (Å²) in [5.41, 5.74) is 0.0502. The number of hydrogen-bond donors (Lipinski definition) is 2. The maximum absolute atomic E-state index is 13.1. The fourth-order valence-electron chi connectivity index (χ4n) is 4.50. The second-order valence-corrected chi connectivity index (χ2v) is 10.1. The second kappa shape index (κ2) is 9.12. The average molecular weight is 474 g/mol. The molecule has 2 aliphatic rings. The Morgan fingerprint density at radius 2 is 1.61 bits per heavy atom. The molecule has 33 heavy (non-hydrogen) atoms. The van der Waals surface area contributed by atoms with E-state index in [1.807, 2.05) is 36.4 Å². The topological polar surface area (TPSA) is 116 Å². The van der Waals surface area contributed by atoms with Gasteiger partial charge in [-0.05, 0) is 17.0 Å². The molecule has 1 heterocycles. The first-order chi connectivity index (χ1) is 15.8. The van der Waals surface area contributed by atoms with Gasteiger partial charge < -0.3 is 14.7 Å². The van der Waals surface area contributed by atoms with E-state index in [0.717, 1.165) is 11.1 Å². The summed E-state index contributed by atoms with van der Waals surface area (Å²) in [5, 5.41) is 9.92. The van der Waals surface area contributed by atoms with Crippen LogP contribution in [0.2, 0.25) is 0 Å². The molecule has 2 aromatic rings. The number of carboxylic acid groups (broad SMARTS) is 1. The van der Waals surface area contributed by atoms with Gasteiger partial charge in [-0.2, -0.15) is 17.4 Å². The Balaban J connectivity index is 1.37. The van der Waals surface area contributed by atoms with Crippen LogP contribution in [-0.2, 0) is 26.3 Å². The molecule has 176 valence electrons. The lowest BCUT2D eigenvalue weighted by atomic mass is 10.1. The third-order valence-corrected chi connectivity index (χ3v) is 8.09. The Hall–Kier alpha value is -2.95. The van der Waals surface area contributed by atoms with Crippen molar-refractivity contribution >= 4 is 22.3 Å². The molecule has 2 N–H and O–H groups in total. The molecule has 3 atom stereocenters. The maximum atomic E-state index is 13.1. The van der Waals surface area contributed by atoms with E-state index in [1.54, 1.807) is 31.2 Å². The van der Waals surface area contributed by atoms with Crippen LogP contribution >= 0.6 is 0 Å². The fourth-order valence-corrected chi connectivity index (χ4v) is 6.10. The van der Waals surface area contributed by atoms with Gasteiger partial charge in [0.1, 0.15) is 12.1 Å². The number of piperazine rings is 1. The number of nitrogens with zero attached hydrogens (tertiary/aromatic N) is 2. The molecule has 2 aromatic carbocycles. The minimum absolute atomic E-state index is 0.0514. The Bertz CT molecular complexity index is 1100. The number of nitrogens with one attached hydrogen (secondary N) is 1. The van der Waals surface area contributed by atoms with Crippen LogP contribution in [0.25, 0.3) is 0 Å². The van der Waals surface area contributed by atoms with E-state index < -0.39 is 39.6 Å². The van der Waals surface area contributed by atoms with Crippen LogP contribution in [0.1, 0.15) is 24.0 Å². The van der Waals surface area contributed by atoms with Gasteiger partial charge in [-0.25, -0.2) is 4.79 Å². The summed E-state index contributed by atoms with van der Waals surface area (Å²) in [6, 6.07) is 18.3. The number of carboxylic acids is 1. The molecule has 0 unspecified atom stereocenters. The molecule has 1 amide bonds. The number of carbonyl (C=O) groups excluding carboxylic acids is 1. The van der Waals surface area contributed by atoms with E-state index in [2.05, 4.69) is 4.72 Å². The predicted molar refractivity (Wildman–Crippen MR) is 121 cm³/mol. The third kappa shape index (κ3) is 4.59. The normalized spacial score (nSPS) is 25.4. The molecule has 2 fully saturated rings. The average Bonchev–Trinajstić information content (AvgIpc) is 3.42. The molecule has 0 radical (unpaired) electrons. The van der Waals surface area contributed by atoms with E-state index in [-0.39, 0.29) is 32.8 Å². The summed E-state index contributed by atoms with van der Waals surface area (Å²) in [4.78, 5) is 25.9. The Morgan fingerprint density at radius 1 is 1.03 bits per heavy atom. The van der Waals surface area contributed by atoms with Crippen molar-refractivity contribution in [3.05, 3.63) is 71.8 Å². The lowest BCUT2D eigenvalue weighted by Gasteiger charge is -2.34. The largest absolute Gasteiger partial charge is 0.480 e. The van der Waals surface area contributed by atoms with E-state index in [1.165, 1.54) is 9.21 Å². The van der Waals surface area contributed by atoms with E-state index >= 15 is 0 Å². The number of rotatable bonds is 7. The smallest absolute Gasteiger partial charge is 0.410 e. The minimum atomic E-state index is -4.08.